The molecule has 2 N–H and O–H groups in total. The van der Waals surface area contributed by atoms with Gasteiger partial charge in [-0.2, -0.15) is 5.10 Å². The Bertz CT molecular complexity index is 1190. The highest BCUT2D eigenvalue weighted by molar-refractivity contribution is 8.01. The Morgan fingerprint density at radius 1 is 1.45 bits per heavy atom. The first-order chi connectivity index (χ1) is 15.7. The van der Waals surface area contributed by atoms with Crippen molar-refractivity contribution in [3.63, 3.8) is 0 Å². The molecule has 1 fully saturated rings. The predicted octanol–water partition coefficient (Wildman–Crippen LogP) is -0.846. The lowest BCUT2D eigenvalue weighted by Crippen LogP contribution is -2.70. The average Bonchev–Trinajstić information content (AvgIpc) is 3.34. The number of hydrogen-bond acceptors (Lipinski definition) is 11. The molecule has 2 amide bonds. The van der Waals surface area contributed by atoms with E-state index in [9.17, 15) is 29.6 Å². The number of aryl methyl sites for hydroxylation is 1. The molecule has 17 heteroatoms. The van der Waals surface area contributed by atoms with Crippen LogP contribution >= 0.6 is 23.5 Å². The monoisotopic (exact) mass is 495 g/mol. The number of nitro groups is 1. The first-order valence-electron chi connectivity index (χ1n) is 9.40. The molecule has 2 atom stereocenters. The minimum atomic E-state index is -1.23. The second-order valence-electron chi connectivity index (χ2n) is 7.12. The van der Waals surface area contributed by atoms with E-state index < -0.39 is 34.1 Å². The first-order valence-corrected chi connectivity index (χ1v) is 11.4. The van der Waals surface area contributed by atoms with Crippen molar-refractivity contribution in [1.82, 2.24) is 40.2 Å². The number of fused-ring (bicyclic) bond motifs is 1. The maximum atomic E-state index is 12.7. The van der Waals surface area contributed by atoms with E-state index in [4.69, 9.17) is 0 Å². The lowest BCUT2D eigenvalue weighted by Gasteiger charge is -2.49. The number of tetrazole rings is 1. The van der Waals surface area contributed by atoms with Crippen molar-refractivity contribution in [2.24, 2.45) is 7.05 Å². The van der Waals surface area contributed by atoms with Gasteiger partial charge in [-0.1, -0.05) is 11.8 Å². The quantitative estimate of drug-likeness (QED) is 0.200. The van der Waals surface area contributed by atoms with E-state index in [1.807, 2.05) is 0 Å². The minimum Gasteiger partial charge on any atom is -0.477 e. The summed E-state index contributed by atoms with van der Waals surface area (Å²) in [7, 11) is 1.66. The summed E-state index contributed by atoms with van der Waals surface area (Å²) in [5, 5.41) is 38.1. The smallest absolute Gasteiger partial charge is 0.352 e. The number of carbonyl (C=O) groups excluding carboxylic acids is 2. The van der Waals surface area contributed by atoms with Gasteiger partial charge in [-0.3, -0.25) is 29.3 Å². The molecular weight excluding hydrogens is 478 g/mol. The van der Waals surface area contributed by atoms with Crippen LogP contribution in [0, 0.1) is 17.0 Å². The van der Waals surface area contributed by atoms with Crippen LogP contribution in [-0.4, -0.2) is 85.6 Å². The number of nitrogens with one attached hydrogen (secondary N) is 1. The molecule has 4 heterocycles. The van der Waals surface area contributed by atoms with Gasteiger partial charge in [0.15, 0.2) is 0 Å². The molecule has 0 saturated carbocycles. The molecule has 2 aromatic heterocycles. The third-order valence-corrected chi connectivity index (χ3v) is 7.53. The van der Waals surface area contributed by atoms with Crippen LogP contribution in [-0.2, 0) is 28.0 Å². The highest BCUT2D eigenvalue weighted by Crippen LogP contribution is 2.41. The van der Waals surface area contributed by atoms with E-state index in [-0.39, 0.29) is 29.4 Å². The second-order valence-corrected chi connectivity index (χ2v) is 9.16. The van der Waals surface area contributed by atoms with Crippen molar-refractivity contribution >= 4 is 47.0 Å². The number of aliphatic carboxylic acids is 1. The maximum absolute atomic E-state index is 12.7. The van der Waals surface area contributed by atoms with Gasteiger partial charge in [-0.25, -0.2) is 9.48 Å². The highest BCUT2D eigenvalue weighted by atomic mass is 32.2. The lowest BCUT2D eigenvalue weighted by atomic mass is 10.0. The number of carbonyl (C=O) groups is 3. The summed E-state index contributed by atoms with van der Waals surface area (Å²) < 4.78 is 2.63. The third-order valence-electron chi connectivity index (χ3n) is 5.09. The van der Waals surface area contributed by atoms with E-state index in [1.165, 1.54) is 44.7 Å². The topological polar surface area (TPSA) is 191 Å². The van der Waals surface area contributed by atoms with E-state index in [0.29, 0.717) is 16.5 Å². The average molecular weight is 496 g/mol. The molecule has 2 aromatic rings. The number of hydrogen-bond donors (Lipinski definition) is 2. The van der Waals surface area contributed by atoms with E-state index in [1.54, 1.807) is 7.05 Å². The van der Waals surface area contributed by atoms with E-state index in [2.05, 4.69) is 25.9 Å². The van der Waals surface area contributed by atoms with Crippen molar-refractivity contribution in [2.75, 3.05) is 11.5 Å². The van der Waals surface area contributed by atoms with Crippen molar-refractivity contribution in [2.45, 2.75) is 30.0 Å². The summed E-state index contributed by atoms with van der Waals surface area (Å²) in [6.45, 7) is 1.16. The van der Waals surface area contributed by atoms with Gasteiger partial charge in [0.25, 0.3) is 5.91 Å². The molecule has 0 radical (unpaired) electrons. The van der Waals surface area contributed by atoms with Crippen LogP contribution in [0.15, 0.2) is 22.6 Å². The predicted molar refractivity (Wildman–Crippen MR) is 113 cm³/mol. The number of β-lactam (4-membered cyclic amide) rings is 1. The Kier molecular flexibility index (Phi) is 6.07. The van der Waals surface area contributed by atoms with Crippen LogP contribution < -0.4 is 5.32 Å². The maximum Gasteiger partial charge on any atom is 0.352 e. The normalized spacial score (nSPS) is 19.8. The second kappa shape index (κ2) is 8.81. The Balaban J connectivity index is 1.43. The van der Waals surface area contributed by atoms with E-state index >= 15 is 0 Å². The van der Waals surface area contributed by atoms with Gasteiger partial charge in [0.05, 0.1) is 4.92 Å². The summed E-state index contributed by atoms with van der Waals surface area (Å²) in [6, 6.07) is -0.903. The molecule has 2 unspecified atom stereocenters. The van der Waals surface area contributed by atoms with Crippen LogP contribution in [0.3, 0.4) is 0 Å². The molecule has 2 aliphatic rings. The fourth-order valence-corrected chi connectivity index (χ4v) is 5.75. The Hall–Kier alpha value is -3.47. The molecular formula is C16H17N9O6S2. The number of carboxylic acid groups (broad SMARTS) is 1. The fourth-order valence-electron chi connectivity index (χ4n) is 3.42. The highest BCUT2D eigenvalue weighted by Gasteiger charge is 2.54. The number of carboxylic acids is 1. The number of nitrogens with zero attached hydrogens (tertiary/aromatic N) is 8. The summed E-state index contributed by atoms with van der Waals surface area (Å²) in [4.78, 5) is 48.6. The molecule has 4 rings (SSSR count). The molecule has 0 bridgehead atoms. The lowest BCUT2D eigenvalue weighted by molar-refractivity contribution is -0.385. The van der Waals surface area contributed by atoms with Gasteiger partial charge in [-0.15, -0.1) is 16.9 Å². The van der Waals surface area contributed by atoms with Crippen molar-refractivity contribution in [3.8, 4) is 0 Å². The van der Waals surface area contributed by atoms with Crippen molar-refractivity contribution in [3.05, 3.63) is 33.3 Å². The molecule has 174 valence electrons. The van der Waals surface area contributed by atoms with Gasteiger partial charge >= 0.3 is 11.7 Å². The Morgan fingerprint density at radius 3 is 2.82 bits per heavy atom. The summed E-state index contributed by atoms with van der Waals surface area (Å²) in [5.74, 6) is -1.70. The van der Waals surface area contributed by atoms with Gasteiger partial charge in [0.2, 0.25) is 11.1 Å². The fraction of sp³-hybridized carbons (Fsp3) is 0.438. The molecule has 0 spiro atoms. The van der Waals surface area contributed by atoms with Crippen LogP contribution in [0.25, 0.3) is 0 Å². The summed E-state index contributed by atoms with van der Waals surface area (Å²) in [6.07, 6.45) is 1.05. The van der Waals surface area contributed by atoms with Gasteiger partial charge < -0.3 is 10.4 Å². The summed E-state index contributed by atoms with van der Waals surface area (Å²) >= 11 is 2.60. The number of aromatic nitrogens is 6. The standard InChI is InChI=1S/C16H17N9O6S2/c1-7-9(25(30)31)3-17-23(7)4-10(26)18-11-13(27)24-12(15(28)29)8(5-32-14(11)24)6-33-16-19-20-21-22(16)2/h3,11,14H,4-6H2,1-2H3,(H,18,26)(H,28,29). The minimum absolute atomic E-state index is 0.101. The van der Waals surface area contributed by atoms with Gasteiger partial charge in [0, 0.05) is 18.6 Å². The number of amides is 2. The van der Waals surface area contributed by atoms with Gasteiger partial charge in [-0.05, 0) is 22.9 Å². The van der Waals surface area contributed by atoms with Crippen LogP contribution in [0.4, 0.5) is 5.69 Å². The largest absolute Gasteiger partial charge is 0.477 e. The Labute approximate surface area is 193 Å². The molecule has 33 heavy (non-hydrogen) atoms. The SMILES string of the molecule is Cc1c([N+](=O)[O-])cnn1CC(=O)NC1C(=O)N2C(C(=O)O)=C(CSc3nnnn3C)CSC12. The Morgan fingerprint density at radius 2 is 2.21 bits per heavy atom. The van der Waals surface area contributed by atoms with Crippen molar-refractivity contribution in [1.29, 1.82) is 0 Å². The molecule has 1 saturated heterocycles. The number of rotatable bonds is 8. The molecule has 2 aliphatic heterocycles. The van der Waals surface area contributed by atoms with Crippen LogP contribution in [0.1, 0.15) is 5.69 Å². The molecule has 15 nitrogen and oxygen atoms in total. The summed E-state index contributed by atoms with van der Waals surface area (Å²) in [5.41, 5.74) is 0.445. The van der Waals surface area contributed by atoms with E-state index in [0.717, 1.165) is 6.20 Å². The van der Waals surface area contributed by atoms with Crippen molar-refractivity contribution < 1.29 is 24.4 Å². The van der Waals surface area contributed by atoms with Crippen LogP contribution in [0.2, 0.25) is 0 Å². The molecule has 0 aromatic carbocycles. The molecule has 0 aliphatic carbocycles. The number of thioether (sulfide) groups is 2. The first kappa shape index (κ1) is 22.7. The van der Waals surface area contributed by atoms with Gasteiger partial charge in [0.1, 0.15) is 35.5 Å². The third kappa shape index (κ3) is 4.15. The zero-order valence-corrected chi connectivity index (χ0v) is 18.9. The zero-order chi connectivity index (χ0) is 23.9. The zero-order valence-electron chi connectivity index (χ0n) is 17.2. The van der Waals surface area contributed by atoms with Crippen LogP contribution in [0.5, 0.6) is 0 Å².